The molecule has 4 heteroatoms. The summed E-state index contributed by atoms with van der Waals surface area (Å²) in [7, 11) is 0. The van der Waals surface area contributed by atoms with Gasteiger partial charge in [-0.15, -0.1) is 0 Å². The molecular weight excluding hydrogens is 230 g/mol. The molecular formula is C14H29NO3. The minimum absolute atomic E-state index is 0.0917. The van der Waals surface area contributed by atoms with Crippen molar-refractivity contribution in [3.63, 3.8) is 0 Å². The van der Waals surface area contributed by atoms with E-state index in [-0.39, 0.29) is 11.8 Å². The van der Waals surface area contributed by atoms with Gasteiger partial charge >= 0.3 is 5.97 Å². The van der Waals surface area contributed by atoms with Crippen LogP contribution in [0.25, 0.3) is 0 Å². The first-order valence-corrected chi connectivity index (χ1v) is 6.98. The Morgan fingerprint density at radius 1 is 1.22 bits per heavy atom. The molecule has 0 saturated heterocycles. The van der Waals surface area contributed by atoms with E-state index in [1.54, 1.807) is 0 Å². The number of carbonyl (C=O) groups is 1. The highest BCUT2D eigenvalue weighted by molar-refractivity contribution is 5.66. The Morgan fingerprint density at radius 3 is 2.56 bits per heavy atom. The van der Waals surface area contributed by atoms with Crippen LogP contribution in [0.15, 0.2) is 0 Å². The molecule has 0 atom stereocenters. The molecule has 108 valence electrons. The lowest BCUT2D eigenvalue weighted by atomic mass is 9.84. The molecule has 0 aromatic carbocycles. The first-order chi connectivity index (χ1) is 8.48. The summed E-state index contributed by atoms with van der Waals surface area (Å²) >= 11 is 0. The molecule has 0 aromatic rings. The fourth-order valence-electron chi connectivity index (χ4n) is 1.61. The van der Waals surface area contributed by atoms with Crippen LogP contribution in [0.1, 0.15) is 52.9 Å². The lowest BCUT2D eigenvalue weighted by molar-refractivity contribution is -0.137. The molecule has 0 radical (unpaired) electrons. The van der Waals surface area contributed by atoms with Crippen LogP contribution >= 0.6 is 0 Å². The normalized spacial score (nSPS) is 11.7. The molecule has 0 aromatic heterocycles. The van der Waals surface area contributed by atoms with Gasteiger partial charge in [-0.2, -0.15) is 0 Å². The predicted molar refractivity (Wildman–Crippen MR) is 73.9 cm³/mol. The SMILES string of the molecule is CCCCOCCNCCC(C)(C)CCC(=O)O. The molecule has 0 saturated carbocycles. The maximum Gasteiger partial charge on any atom is 0.303 e. The lowest BCUT2D eigenvalue weighted by Crippen LogP contribution is -2.26. The average Bonchev–Trinajstić information content (AvgIpc) is 2.30. The molecule has 2 N–H and O–H groups in total. The van der Waals surface area contributed by atoms with Gasteiger partial charge in [0.05, 0.1) is 6.61 Å². The van der Waals surface area contributed by atoms with Gasteiger partial charge < -0.3 is 15.2 Å². The van der Waals surface area contributed by atoms with Gasteiger partial charge in [0.1, 0.15) is 0 Å². The first-order valence-electron chi connectivity index (χ1n) is 6.98. The van der Waals surface area contributed by atoms with Gasteiger partial charge in [-0.05, 0) is 31.2 Å². The third-order valence-corrected chi connectivity index (χ3v) is 3.06. The summed E-state index contributed by atoms with van der Waals surface area (Å²) in [5.74, 6) is -0.708. The Morgan fingerprint density at radius 2 is 1.94 bits per heavy atom. The van der Waals surface area contributed by atoms with E-state index >= 15 is 0 Å². The van der Waals surface area contributed by atoms with E-state index in [1.807, 2.05) is 0 Å². The lowest BCUT2D eigenvalue weighted by Gasteiger charge is -2.23. The highest BCUT2D eigenvalue weighted by Crippen LogP contribution is 2.25. The monoisotopic (exact) mass is 259 g/mol. The van der Waals surface area contributed by atoms with Crippen molar-refractivity contribution in [3.05, 3.63) is 0 Å². The van der Waals surface area contributed by atoms with Crippen LogP contribution in [0.2, 0.25) is 0 Å². The maximum atomic E-state index is 10.5. The standard InChI is InChI=1S/C14H29NO3/c1-4-5-11-18-12-10-15-9-8-14(2,3)7-6-13(16)17/h15H,4-12H2,1-3H3,(H,16,17). The Balaban J connectivity index is 3.38. The van der Waals surface area contributed by atoms with Crippen molar-refractivity contribution >= 4 is 5.97 Å². The second kappa shape index (κ2) is 10.3. The van der Waals surface area contributed by atoms with Crippen molar-refractivity contribution in [3.8, 4) is 0 Å². The molecule has 0 fully saturated rings. The van der Waals surface area contributed by atoms with Crippen LogP contribution in [0.4, 0.5) is 0 Å². The molecule has 0 aliphatic carbocycles. The zero-order chi connectivity index (χ0) is 13.9. The molecule has 0 rings (SSSR count). The number of hydrogen-bond donors (Lipinski definition) is 2. The molecule has 4 nitrogen and oxygen atoms in total. The molecule has 0 amide bonds. The number of nitrogens with one attached hydrogen (secondary N) is 1. The summed E-state index contributed by atoms with van der Waals surface area (Å²) in [5, 5.41) is 12.0. The predicted octanol–water partition coefficient (Wildman–Crippen LogP) is 2.67. The smallest absolute Gasteiger partial charge is 0.303 e. The van der Waals surface area contributed by atoms with E-state index in [0.29, 0.717) is 0 Å². The van der Waals surface area contributed by atoms with E-state index < -0.39 is 5.97 Å². The summed E-state index contributed by atoms with van der Waals surface area (Å²) in [5.41, 5.74) is 0.0917. The van der Waals surface area contributed by atoms with Gasteiger partial charge in [-0.3, -0.25) is 4.79 Å². The van der Waals surface area contributed by atoms with Crippen molar-refractivity contribution < 1.29 is 14.6 Å². The number of ether oxygens (including phenoxy) is 1. The van der Waals surface area contributed by atoms with Gasteiger partial charge in [-0.25, -0.2) is 0 Å². The Kier molecular flexibility index (Phi) is 9.98. The third-order valence-electron chi connectivity index (χ3n) is 3.06. The third kappa shape index (κ3) is 11.9. The Hall–Kier alpha value is -0.610. The number of carboxylic acids is 1. The van der Waals surface area contributed by atoms with Crippen LogP contribution in [0.5, 0.6) is 0 Å². The number of aliphatic carboxylic acids is 1. The molecule has 0 spiro atoms. The van der Waals surface area contributed by atoms with Crippen molar-refractivity contribution in [1.29, 1.82) is 0 Å². The molecule has 18 heavy (non-hydrogen) atoms. The first kappa shape index (κ1) is 17.4. The Bertz CT molecular complexity index is 217. The van der Waals surface area contributed by atoms with E-state index in [9.17, 15) is 4.79 Å². The summed E-state index contributed by atoms with van der Waals surface area (Å²) in [6.07, 6.45) is 4.28. The second-order valence-corrected chi connectivity index (χ2v) is 5.52. The largest absolute Gasteiger partial charge is 0.481 e. The van der Waals surface area contributed by atoms with Crippen LogP contribution in [-0.4, -0.2) is 37.4 Å². The second-order valence-electron chi connectivity index (χ2n) is 5.52. The van der Waals surface area contributed by atoms with Gasteiger partial charge in [0, 0.05) is 19.6 Å². The van der Waals surface area contributed by atoms with Crippen LogP contribution in [0.3, 0.4) is 0 Å². The van der Waals surface area contributed by atoms with Crippen LogP contribution in [0, 0.1) is 5.41 Å². The van der Waals surface area contributed by atoms with Crippen molar-refractivity contribution in [1.82, 2.24) is 5.32 Å². The molecule has 0 aliphatic rings. The van der Waals surface area contributed by atoms with Crippen LogP contribution < -0.4 is 5.32 Å². The molecule has 0 bridgehead atoms. The summed E-state index contributed by atoms with van der Waals surface area (Å²) in [6.45, 7) is 9.80. The van der Waals surface area contributed by atoms with Crippen molar-refractivity contribution in [2.24, 2.45) is 5.41 Å². The fraction of sp³-hybridized carbons (Fsp3) is 0.929. The van der Waals surface area contributed by atoms with Gasteiger partial charge in [0.2, 0.25) is 0 Å². The summed E-state index contributed by atoms with van der Waals surface area (Å²) in [4.78, 5) is 10.5. The van der Waals surface area contributed by atoms with E-state index in [4.69, 9.17) is 9.84 Å². The fourth-order valence-corrected chi connectivity index (χ4v) is 1.61. The van der Waals surface area contributed by atoms with Crippen molar-refractivity contribution in [2.75, 3.05) is 26.3 Å². The summed E-state index contributed by atoms with van der Waals surface area (Å²) < 4.78 is 5.44. The quantitative estimate of drug-likeness (QED) is 0.529. The average molecular weight is 259 g/mol. The number of rotatable bonds is 12. The Labute approximate surface area is 111 Å². The minimum Gasteiger partial charge on any atom is -0.481 e. The highest BCUT2D eigenvalue weighted by atomic mass is 16.5. The van der Waals surface area contributed by atoms with Crippen LogP contribution in [-0.2, 0) is 9.53 Å². The van der Waals surface area contributed by atoms with Gasteiger partial charge in [0.25, 0.3) is 0 Å². The van der Waals surface area contributed by atoms with E-state index in [1.165, 1.54) is 6.42 Å². The van der Waals surface area contributed by atoms with Gasteiger partial charge in [0.15, 0.2) is 0 Å². The zero-order valence-corrected chi connectivity index (χ0v) is 12.1. The zero-order valence-electron chi connectivity index (χ0n) is 12.1. The molecule has 0 aliphatic heterocycles. The molecule has 0 heterocycles. The maximum absolute atomic E-state index is 10.5. The minimum atomic E-state index is -0.708. The van der Waals surface area contributed by atoms with E-state index in [2.05, 4.69) is 26.1 Å². The van der Waals surface area contributed by atoms with Gasteiger partial charge in [-0.1, -0.05) is 27.2 Å². The highest BCUT2D eigenvalue weighted by Gasteiger charge is 2.18. The van der Waals surface area contributed by atoms with Crippen molar-refractivity contribution in [2.45, 2.75) is 52.9 Å². The number of carboxylic acid groups (broad SMARTS) is 1. The number of unbranched alkanes of at least 4 members (excludes halogenated alkanes) is 1. The number of hydrogen-bond acceptors (Lipinski definition) is 3. The summed E-state index contributed by atoms with van der Waals surface area (Å²) in [6, 6.07) is 0. The molecule has 0 unspecified atom stereocenters. The van der Waals surface area contributed by atoms with E-state index in [0.717, 1.165) is 45.6 Å². The topological polar surface area (TPSA) is 58.6 Å².